The van der Waals surface area contributed by atoms with Gasteiger partial charge in [0, 0.05) is 33.4 Å². The fourth-order valence-electron chi connectivity index (χ4n) is 2.98. The molecule has 0 unspecified atom stereocenters. The van der Waals surface area contributed by atoms with Gasteiger partial charge in [-0.05, 0) is 81.8 Å². The topological polar surface area (TPSA) is 49.4 Å². The van der Waals surface area contributed by atoms with Crippen LogP contribution in [-0.2, 0) is 16.1 Å². The van der Waals surface area contributed by atoms with Gasteiger partial charge in [0.2, 0.25) is 11.8 Å². The normalized spacial score (nSPS) is 12.3. The van der Waals surface area contributed by atoms with E-state index in [1.54, 1.807) is 29.7 Å². The zero-order chi connectivity index (χ0) is 23.0. The number of halogens is 2. The molecular formula is C24H30Cl2N2O2S. The Kier molecular flexibility index (Phi) is 9.73. The maximum absolute atomic E-state index is 13.1. The molecule has 0 fully saturated rings. The van der Waals surface area contributed by atoms with Crippen LogP contribution < -0.4 is 5.32 Å². The summed E-state index contributed by atoms with van der Waals surface area (Å²) < 4.78 is 0. The minimum atomic E-state index is -0.588. The fourth-order valence-corrected chi connectivity index (χ4v) is 4.17. The molecule has 0 heterocycles. The van der Waals surface area contributed by atoms with Crippen molar-refractivity contribution in [2.24, 2.45) is 0 Å². The Morgan fingerprint density at radius 3 is 2.35 bits per heavy atom. The molecule has 1 atom stereocenters. The number of benzene rings is 2. The van der Waals surface area contributed by atoms with Crippen molar-refractivity contribution in [3.05, 3.63) is 64.1 Å². The largest absolute Gasteiger partial charge is 0.350 e. The van der Waals surface area contributed by atoms with Crippen molar-refractivity contribution < 1.29 is 9.59 Å². The fraction of sp³-hybridized carbons (Fsp3) is 0.417. The molecule has 0 saturated carbocycles. The second-order valence-electron chi connectivity index (χ2n) is 8.47. The molecule has 0 spiro atoms. The average Bonchev–Trinajstić information content (AvgIpc) is 2.69. The molecule has 0 saturated heterocycles. The van der Waals surface area contributed by atoms with E-state index in [1.165, 1.54) is 0 Å². The van der Waals surface area contributed by atoms with E-state index in [0.29, 0.717) is 29.4 Å². The molecule has 2 amide bonds. The van der Waals surface area contributed by atoms with Crippen molar-refractivity contribution in [2.45, 2.75) is 63.6 Å². The van der Waals surface area contributed by atoms with Gasteiger partial charge in [-0.1, -0.05) is 35.3 Å². The Hall–Kier alpha value is -1.69. The highest BCUT2D eigenvalue weighted by molar-refractivity contribution is 7.99. The van der Waals surface area contributed by atoms with Crippen LogP contribution in [0.1, 0.15) is 46.1 Å². The molecule has 2 aromatic rings. The van der Waals surface area contributed by atoms with Crippen molar-refractivity contribution in [1.82, 2.24) is 10.2 Å². The molecule has 2 rings (SSSR count). The molecule has 4 nitrogen and oxygen atoms in total. The smallest absolute Gasteiger partial charge is 0.242 e. The second-order valence-corrected chi connectivity index (χ2v) is 10.5. The van der Waals surface area contributed by atoms with Gasteiger partial charge in [-0.15, -0.1) is 11.8 Å². The summed E-state index contributed by atoms with van der Waals surface area (Å²) in [5, 5.41) is 4.29. The van der Waals surface area contributed by atoms with Gasteiger partial charge in [-0.25, -0.2) is 0 Å². The minimum Gasteiger partial charge on any atom is -0.350 e. The molecule has 0 aromatic heterocycles. The van der Waals surface area contributed by atoms with E-state index in [-0.39, 0.29) is 17.4 Å². The summed E-state index contributed by atoms with van der Waals surface area (Å²) in [4.78, 5) is 28.6. The van der Waals surface area contributed by atoms with E-state index in [1.807, 2.05) is 63.2 Å². The van der Waals surface area contributed by atoms with Gasteiger partial charge in [0.15, 0.2) is 0 Å². The van der Waals surface area contributed by atoms with Crippen LogP contribution in [0.25, 0.3) is 0 Å². The number of amides is 2. The molecule has 0 radical (unpaired) electrons. The van der Waals surface area contributed by atoms with Crippen LogP contribution >= 0.6 is 35.0 Å². The first kappa shape index (κ1) is 25.6. The van der Waals surface area contributed by atoms with Gasteiger partial charge in [-0.3, -0.25) is 9.59 Å². The van der Waals surface area contributed by atoms with E-state index < -0.39 is 6.04 Å². The lowest BCUT2D eigenvalue weighted by molar-refractivity contribution is -0.141. The molecular weight excluding hydrogens is 451 g/mol. The SMILES string of the molecule is C[C@@H](C(=O)NC(C)(C)C)N(Cc1cccc(Cl)c1)C(=O)CCCSc1ccc(Cl)cc1. The van der Waals surface area contributed by atoms with E-state index in [9.17, 15) is 9.59 Å². The van der Waals surface area contributed by atoms with Crippen LogP contribution in [-0.4, -0.2) is 34.0 Å². The maximum atomic E-state index is 13.1. The maximum Gasteiger partial charge on any atom is 0.242 e. The highest BCUT2D eigenvalue weighted by Gasteiger charge is 2.28. The Morgan fingerprint density at radius 2 is 1.74 bits per heavy atom. The zero-order valence-electron chi connectivity index (χ0n) is 18.5. The molecule has 0 aliphatic rings. The standard InChI is InChI=1S/C24H30Cl2N2O2S/c1-17(23(30)27-24(2,3)4)28(16-18-7-5-8-20(26)15-18)22(29)9-6-14-31-21-12-10-19(25)11-13-21/h5,7-8,10-13,15,17H,6,9,14,16H2,1-4H3,(H,27,30)/t17-/m0/s1. The van der Waals surface area contributed by atoms with Crippen molar-refractivity contribution in [1.29, 1.82) is 0 Å². The van der Waals surface area contributed by atoms with Crippen LogP contribution in [0, 0.1) is 0 Å². The number of nitrogens with zero attached hydrogens (tertiary/aromatic N) is 1. The number of thioether (sulfide) groups is 1. The molecule has 7 heteroatoms. The summed E-state index contributed by atoms with van der Waals surface area (Å²) in [6.07, 6.45) is 1.08. The summed E-state index contributed by atoms with van der Waals surface area (Å²) in [7, 11) is 0. The van der Waals surface area contributed by atoms with Gasteiger partial charge in [0.05, 0.1) is 0 Å². The molecule has 0 aliphatic heterocycles. The molecule has 0 bridgehead atoms. The number of carbonyl (C=O) groups is 2. The number of hydrogen-bond acceptors (Lipinski definition) is 3. The quantitative estimate of drug-likeness (QED) is 0.343. The highest BCUT2D eigenvalue weighted by atomic mass is 35.5. The monoisotopic (exact) mass is 480 g/mol. The Bertz CT molecular complexity index is 882. The second kappa shape index (κ2) is 11.8. The van der Waals surface area contributed by atoms with Crippen molar-refractivity contribution in [3.63, 3.8) is 0 Å². The minimum absolute atomic E-state index is 0.0479. The van der Waals surface area contributed by atoms with Crippen molar-refractivity contribution in [3.8, 4) is 0 Å². The number of carbonyl (C=O) groups excluding carboxylic acids is 2. The first-order chi connectivity index (χ1) is 14.5. The molecule has 168 valence electrons. The van der Waals surface area contributed by atoms with Gasteiger partial charge in [-0.2, -0.15) is 0 Å². The lowest BCUT2D eigenvalue weighted by atomic mass is 10.1. The third kappa shape index (κ3) is 9.14. The number of hydrogen-bond donors (Lipinski definition) is 1. The van der Waals surface area contributed by atoms with E-state index in [2.05, 4.69) is 5.32 Å². The van der Waals surface area contributed by atoms with Crippen LogP contribution in [0.15, 0.2) is 53.4 Å². The number of nitrogens with one attached hydrogen (secondary N) is 1. The molecule has 31 heavy (non-hydrogen) atoms. The Labute approximate surface area is 199 Å². The summed E-state index contributed by atoms with van der Waals surface area (Å²) in [5.74, 6) is 0.590. The first-order valence-electron chi connectivity index (χ1n) is 10.3. The van der Waals surface area contributed by atoms with Crippen LogP contribution in [0.2, 0.25) is 10.0 Å². The summed E-state index contributed by atoms with van der Waals surface area (Å²) in [6.45, 7) is 7.88. The van der Waals surface area contributed by atoms with E-state index >= 15 is 0 Å². The summed E-state index contributed by atoms with van der Waals surface area (Å²) >= 11 is 13.7. The van der Waals surface area contributed by atoms with E-state index in [0.717, 1.165) is 16.2 Å². The predicted molar refractivity (Wildman–Crippen MR) is 131 cm³/mol. The van der Waals surface area contributed by atoms with Gasteiger partial charge in [0.25, 0.3) is 0 Å². The van der Waals surface area contributed by atoms with Crippen molar-refractivity contribution in [2.75, 3.05) is 5.75 Å². The van der Waals surface area contributed by atoms with Gasteiger partial charge in [0.1, 0.15) is 6.04 Å². The Balaban J connectivity index is 2.02. The van der Waals surface area contributed by atoms with Crippen LogP contribution in [0.4, 0.5) is 0 Å². The molecule has 2 aromatic carbocycles. The summed E-state index contributed by atoms with van der Waals surface area (Å²) in [5.41, 5.74) is 0.525. The summed E-state index contributed by atoms with van der Waals surface area (Å²) in [6, 6.07) is 14.5. The van der Waals surface area contributed by atoms with Crippen LogP contribution in [0.3, 0.4) is 0 Å². The average molecular weight is 481 g/mol. The first-order valence-corrected chi connectivity index (χ1v) is 12.0. The molecule has 0 aliphatic carbocycles. The van der Waals surface area contributed by atoms with Gasteiger partial charge < -0.3 is 10.2 Å². The molecule has 1 N–H and O–H groups in total. The number of rotatable bonds is 9. The van der Waals surface area contributed by atoms with Crippen molar-refractivity contribution >= 4 is 46.8 Å². The van der Waals surface area contributed by atoms with Gasteiger partial charge >= 0.3 is 0 Å². The van der Waals surface area contributed by atoms with E-state index in [4.69, 9.17) is 23.2 Å². The highest BCUT2D eigenvalue weighted by Crippen LogP contribution is 2.22. The zero-order valence-corrected chi connectivity index (χ0v) is 20.8. The van der Waals surface area contributed by atoms with Crippen LogP contribution in [0.5, 0.6) is 0 Å². The predicted octanol–water partition coefficient (Wildman–Crippen LogP) is 6.20. The lowest BCUT2D eigenvalue weighted by Gasteiger charge is -2.31. The third-order valence-corrected chi connectivity index (χ3v) is 6.11. The Morgan fingerprint density at radius 1 is 1.06 bits per heavy atom. The lowest BCUT2D eigenvalue weighted by Crippen LogP contribution is -2.52. The third-order valence-electron chi connectivity index (χ3n) is 4.52.